The Hall–Kier alpha value is -2.18. The molecule has 1 N–H and O–H groups in total. The average Bonchev–Trinajstić information content (AvgIpc) is 2.54. The number of benzene rings is 2. The summed E-state index contributed by atoms with van der Waals surface area (Å²) >= 11 is 0. The van der Waals surface area contributed by atoms with E-state index in [-0.39, 0.29) is 0 Å². The van der Waals surface area contributed by atoms with Crippen molar-refractivity contribution < 1.29 is 0 Å². The van der Waals surface area contributed by atoms with E-state index in [0.717, 1.165) is 5.82 Å². The van der Waals surface area contributed by atoms with E-state index in [1.54, 1.807) is 0 Å². The minimum absolute atomic E-state index is 0.652. The van der Waals surface area contributed by atoms with E-state index in [1.165, 1.54) is 16.2 Å². The number of hydrogen-bond donors (Lipinski definition) is 1. The van der Waals surface area contributed by atoms with Gasteiger partial charge in [-0.15, -0.1) is 0 Å². The molecule has 0 aliphatic rings. The van der Waals surface area contributed by atoms with Crippen LogP contribution in [0.15, 0.2) is 79.0 Å². The van der Waals surface area contributed by atoms with Crippen LogP contribution in [-0.4, -0.2) is 4.98 Å². The molecule has 0 bridgehead atoms. The predicted octanol–water partition coefficient (Wildman–Crippen LogP) is 3.85. The average molecular weight is 292 g/mol. The molecule has 0 atom stereocenters. The molecule has 0 amide bonds. The summed E-state index contributed by atoms with van der Waals surface area (Å²) in [5.41, 5.74) is 1.21. The van der Waals surface area contributed by atoms with Gasteiger partial charge in [-0.3, -0.25) is 0 Å². The lowest BCUT2D eigenvalue weighted by Gasteiger charge is -2.20. The third-order valence-corrected chi connectivity index (χ3v) is 5.25. The third-order valence-electron chi connectivity index (χ3n) is 3.17. The highest BCUT2D eigenvalue weighted by atomic mass is 31.1. The molecule has 2 nitrogen and oxygen atoms in total. The van der Waals surface area contributed by atoms with Crippen molar-refractivity contribution in [2.75, 3.05) is 5.09 Å². The minimum atomic E-state index is -0.652. The summed E-state index contributed by atoms with van der Waals surface area (Å²) in [5.74, 6) is 0.925. The number of rotatable bonds is 4. The molecule has 3 rings (SSSR count). The third kappa shape index (κ3) is 3.48. The fraction of sp³-hybridized carbons (Fsp3) is 0.0556. The number of aromatic nitrogens is 1. The number of aryl methyl sites for hydroxylation is 1. The number of nitrogens with one attached hydrogen (secondary N) is 1. The van der Waals surface area contributed by atoms with Gasteiger partial charge in [0.25, 0.3) is 0 Å². The SMILES string of the molecule is Cc1ccnc(NP(c2ccccc2)c2ccccc2)c1. The van der Waals surface area contributed by atoms with Gasteiger partial charge in [-0.2, -0.15) is 0 Å². The van der Waals surface area contributed by atoms with E-state index >= 15 is 0 Å². The molecular formula is C18H17N2P. The Morgan fingerprint density at radius 3 is 1.90 bits per heavy atom. The summed E-state index contributed by atoms with van der Waals surface area (Å²) in [4.78, 5) is 4.44. The summed E-state index contributed by atoms with van der Waals surface area (Å²) in [6.07, 6.45) is 1.85. The Bertz CT molecular complexity index is 659. The zero-order chi connectivity index (χ0) is 14.5. The molecule has 3 heteroatoms. The van der Waals surface area contributed by atoms with Crippen molar-refractivity contribution in [1.82, 2.24) is 4.98 Å². The van der Waals surface area contributed by atoms with Crippen LogP contribution in [0.3, 0.4) is 0 Å². The maximum absolute atomic E-state index is 4.44. The fourth-order valence-electron chi connectivity index (χ4n) is 2.14. The normalized spacial score (nSPS) is 10.6. The first-order valence-corrected chi connectivity index (χ1v) is 8.26. The molecule has 21 heavy (non-hydrogen) atoms. The molecule has 1 aromatic heterocycles. The van der Waals surface area contributed by atoms with E-state index in [2.05, 4.69) is 71.6 Å². The molecular weight excluding hydrogens is 275 g/mol. The first kappa shape index (κ1) is 13.8. The smallest absolute Gasteiger partial charge is 0.129 e. The molecule has 0 saturated carbocycles. The van der Waals surface area contributed by atoms with Gasteiger partial charge in [0, 0.05) is 16.8 Å². The van der Waals surface area contributed by atoms with Crippen molar-refractivity contribution in [3.63, 3.8) is 0 Å². The quantitative estimate of drug-likeness (QED) is 0.739. The topological polar surface area (TPSA) is 24.9 Å². The minimum Gasteiger partial charge on any atom is -0.342 e. The highest BCUT2D eigenvalue weighted by Gasteiger charge is 2.14. The summed E-state index contributed by atoms with van der Waals surface area (Å²) in [6, 6.07) is 25.2. The van der Waals surface area contributed by atoms with Crippen molar-refractivity contribution in [2.24, 2.45) is 0 Å². The standard InChI is InChI=1S/C18H17N2P/c1-15-12-13-19-18(14-15)20-21(16-8-4-2-5-9-16)17-10-6-3-7-11-17/h2-14H,1H3,(H,19,20). The van der Waals surface area contributed by atoms with Crippen molar-refractivity contribution in [3.05, 3.63) is 84.6 Å². The van der Waals surface area contributed by atoms with E-state index in [4.69, 9.17) is 0 Å². The Morgan fingerprint density at radius 1 is 0.810 bits per heavy atom. The van der Waals surface area contributed by atoms with Gasteiger partial charge in [0.2, 0.25) is 0 Å². The van der Waals surface area contributed by atoms with Crippen molar-refractivity contribution >= 4 is 24.5 Å². The lowest BCUT2D eigenvalue weighted by Crippen LogP contribution is -2.17. The fourth-order valence-corrected chi connectivity index (χ4v) is 3.99. The Labute approximate surface area is 126 Å². The molecule has 2 aromatic carbocycles. The largest absolute Gasteiger partial charge is 0.342 e. The summed E-state index contributed by atoms with van der Waals surface area (Å²) < 4.78 is 0. The second-order valence-electron chi connectivity index (χ2n) is 4.84. The van der Waals surface area contributed by atoms with Gasteiger partial charge in [-0.25, -0.2) is 4.98 Å². The van der Waals surface area contributed by atoms with Crippen LogP contribution < -0.4 is 15.7 Å². The lowest BCUT2D eigenvalue weighted by atomic mass is 10.3. The van der Waals surface area contributed by atoms with E-state index < -0.39 is 8.07 Å². The Balaban J connectivity index is 1.97. The first-order chi connectivity index (χ1) is 10.3. The summed E-state index contributed by atoms with van der Waals surface area (Å²) in [6.45, 7) is 2.08. The number of anilines is 1. The van der Waals surface area contributed by atoms with E-state index in [0.29, 0.717) is 0 Å². The van der Waals surface area contributed by atoms with Crippen LogP contribution >= 0.6 is 8.07 Å². The monoisotopic (exact) mass is 292 g/mol. The second-order valence-corrected chi connectivity index (χ2v) is 6.76. The molecule has 0 aliphatic carbocycles. The second kappa shape index (κ2) is 6.51. The molecule has 1 heterocycles. The highest BCUT2D eigenvalue weighted by Crippen LogP contribution is 2.33. The van der Waals surface area contributed by atoms with Gasteiger partial charge in [-0.1, -0.05) is 60.7 Å². The molecule has 0 unspecified atom stereocenters. The molecule has 0 fully saturated rings. The zero-order valence-electron chi connectivity index (χ0n) is 11.9. The van der Waals surface area contributed by atoms with Crippen LogP contribution in [0, 0.1) is 6.92 Å². The van der Waals surface area contributed by atoms with E-state index in [9.17, 15) is 0 Å². The van der Waals surface area contributed by atoms with Gasteiger partial charge in [0.05, 0.1) is 8.07 Å². The molecule has 0 aliphatic heterocycles. The van der Waals surface area contributed by atoms with Gasteiger partial charge >= 0.3 is 0 Å². The molecule has 0 radical (unpaired) electrons. The Kier molecular flexibility index (Phi) is 4.28. The Morgan fingerprint density at radius 2 is 1.38 bits per heavy atom. The van der Waals surface area contributed by atoms with Gasteiger partial charge < -0.3 is 5.09 Å². The molecule has 0 saturated heterocycles. The van der Waals surface area contributed by atoms with Crippen molar-refractivity contribution in [1.29, 1.82) is 0 Å². The number of nitrogens with zero attached hydrogens (tertiary/aromatic N) is 1. The van der Waals surface area contributed by atoms with Gasteiger partial charge in [0.1, 0.15) is 5.82 Å². The highest BCUT2D eigenvalue weighted by molar-refractivity contribution is 7.74. The molecule has 0 spiro atoms. The van der Waals surface area contributed by atoms with E-state index in [1.807, 2.05) is 24.4 Å². The summed E-state index contributed by atoms with van der Waals surface area (Å²) in [7, 11) is -0.652. The molecule has 3 aromatic rings. The van der Waals surface area contributed by atoms with Crippen LogP contribution in [0.2, 0.25) is 0 Å². The van der Waals surface area contributed by atoms with Crippen LogP contribution in [-0.2, 0) is 0 Å². The maximum Gasteiger partial charge on any atom is 0.129 e. The first-order valence-electron chi connectivity index (χ1n) is 6.92. The van der Waals surface area contributed by atoms with Gasteiger partial charge in [-0.05, 0) is 24.6 Å². The van der Waals surface area contributed by atoms with Crippen molar-refractivity contribution in [3.8, 4) is 0 Å². The van der Waals surface area contributed by atoms with Crippen LogP contribution in [0.1, 0.15) is 5.56 Å². The lowest BCUT2D eigenvalue weighted by molar-refractivity contribution is 1.29. The zero-order valence-corrected chi connectivity index (χ0v) is 12.8. The predicted molar refractivity (Wildman–Crippen MR) is 91.7 cm³/mol. The molecule has 104 valence electrons. The van der Waals surface area contributed by atoms with Crippen LogP contribution in [0.4, 0.5) is 5.82 Å². The summed E-state index contributed by atoms with van der Waals surface area (Å²) in [5, 5.41) is 6.19. The van der Waals surface area contributed by atoms with Crippen LogP contribution in [0.25, 0.3) is 0 Å². The van der Waals surface area contributed by atoms with Gasteiger partial charge in [0.15, 0.2) is 0 Å². The van der Waals surface area contributed by atoms with Crippen molar-refractivity contribution in [2.45, 2.75) is 6.92 Å². The number of hydrogen-bond acceptors (Lipinski definition) is 2. The number of pyridine rings is 1. The maximum atomic E-state index is 4.44. The van der Waals surface area contributed by atoms with Crippen LogP contribution in [0.5, 0.6) is 0 Å².